The van der Waals surface area contributed by atoms with Gasteiger partial charge in [-0.2, -0.15) is 0 Å². The lowest BCUT2D eigenvalue weighted by atomic mass is 10.0. The van der Waals surface area contributed by atoms with E-state index >= 15 is 0 Å². The van der Waals surface area contributed by atoms with Gasteiger partial charge in [-0.05, 0) is 44.4 Å². The van der Waals surface area contributed by atoms with Gasteiger partial charge in [0, 0.05) is 13.1 Å². The summed E-state index contributed by atoms with van der Waals surface area (Å²) in [7, 11) is 0. The third-order valence-electron chi connectivity index (χ3n) is 3.89. The fraction of sp³-hybridized carbons (Fsp3) is 0.611. The molecular weight excluding hydrogens is 292 g/mol. The summed E-state index contributed by atoms with van der Waals surface area (Å²) in [5.41, 5.74) is 1.27. The first-order valence-corrected chi connectivity index (χ1v) is 8.32. The van der Waals surface area contributed by atoms with Crippen LogP contribution in [0.5, 0.6) is 5.75 Å². The fourth-order valence-corrected chi connectivity index (χ4v) is 2.77. The minimum Gasteiger partial charge on any atom is -0.471 e. The van der Waals surface area contributed by atoms with Gasteiger partial charge in [-0.1, -0.05) is 26.0 Å². The average Bonchev–Trinajstić information content (AvgIpc) is 2.46. The highest BCUT2D eigenvalue weighted by atomic mass is 16.5. The smallest absolute Gasteiger partial charge is 0.320 e. The molecule has 128 valence electrons. The topological polar surface area (TPSA) is 50.8 Å². The quantitative estimate of drug-likeness (QED) is 0.866. The number of hydrogen-bond acceptors (Lipinski definition) is 3. The largest absolute Gasteiger partial charge is 0.471 e. The highest BCUT2D eigenvalue weighted by molar-refractivity contribution is 5.74. The Morgan fingerprint density at radius 1 is 1.17 bits per heavy atom. The molecule has 5 nitrogen and oxygen atoms in total. The summed E-state index contributed by atoms with van der Waals surface area (Å²) in [5.74, 6) is 1.25. The van der Waals surface area contributed by atoms with E-state index in [0.717, 1.165) is 5.75 Å². The van der Waals surface area contributed by atoms with Gasteiger partial charge in [0.05, 0.1) is 12.2 Å². The second kappa shape index (κ2) is 7.68. The number of morpholine rings is 1. The van der Waals surface area contributed by atoms with Crippen LogP contribution in [0, 0.1) is 0 Å². The van der Waals surface area contributed by atoms with Gasteiger partial charge in [-0.25, -0.2) is 4.79 Å². The molecule has 0 saturated carbocycles. The molecule has 2 rings (SSSR count). The molecule has 1 heterocycles. The van der Waals surface area contributed by atoms with Crippen LogP contribution in [0.4, 0.5) is 4.79 Å². The zero-order chi connectivity index (χ0) is 17.0. The Morgan fingerprint density at radius 2 is 1.74 bits per heavy atom. The van der Waals surface area contributed by atoms with Crippen molar-refractivity contribution in [3.8, 4) is 5.75 Å². The van der Waals surface area contributed by atoms with E-state index in [2.05, 4.69) is 31.3 Å². The molecule has 5 heteroatoms. The number of ether oxygens (including phenoxy) is 2. The zero-order valence-corrected chi connectivity index (χ0v) is 14.7. The van der Waals surface area contributed by atoms with E-state index < -0.39 is 0 Å². The van der Waals surface area contributed by atoms with Crippen molar-refractivity contribution in [1.29, 1.82) is 0 Å². The summed E-state index contributed by atoms with van der Waals surface area (Å²) in [5, 5.41) is 2.89. The summed E-state index contributed by atoms with van der Waals surface area (Å²) in [6.07, 6.45) is -0.269. The molecule has 0 aromatic heterocycles. The van der Waals surface area contributed by atoms with Gasteiger partial charge in [0.25, 0.3) is 0 Å². The van der Waals surface area contributed by atoms with Crippen LogP contribution in [0.1, 0.15) is 46.1 Å². The highest BCUT2D eigenvalue weighted by Crippen LogP contribution is 2.19. The monoisotopic (exact) mass is 320 g/mol. The minimum atomic E-state index is -0.388. The number of nitrogens with zero attached hydrogens (tertiary/aromatic N) is 1. The van der Waals surface area contributed by atoms with Gasteiger partial charge in [0.1, 0.15) is 5.75 Å². The molecule has 1 aliphatic heterocycles. The van der Waals surface area contributed by atoms with Crippen LogP contribution < -0.4 is 10.1 Å². The number of benzene rings is 1. The van der Waals surface area contributed by atoms with Gasteiger partial charge >= 0.3 is 6.03 Å². The Hall–Kier alpha value is -1.75. The number of urea groups is 1. The molecule has 0 radical (unpaired) electrons. The molecule has 1 aliphatic rings. The number of carbonyl (C=O) groups is 1. The second-order valence-electron chi connectivity index (χ2n) is 6.60. The number of amides is 2. The molecule has 0 spiro atoms. The van der Waals surface area contributed by atoms with Crippen LogP contribution in [0.25, 0.3) is 0 Å². The summed E-state index contributed by atoms with van der Waals surface area (Å²) < 4.78 is 11.4. The SMILES string of the molecule is CC1CN(C(=O)NC(C)Oc2ccc(C(C)C)cc2)CC(C)O1. The van der Waals surface area contributed by atoms with Gasteiger partial charge < -0.3 is 19.7 Å². The molecule has 3 unspecified atom stereocenters. The molecule has 3 atom stereocenters. The van der Waals surface area contributed by atoms with Crippen LogP contribution in [0.2, 0.25) is 0 Å². The van der Waals surface area contributed by atoms with E-state index in [0.29, 0.717) is 19.0 Å². The van der Waals surface area contributed by atoms with Crippen molar-refractivity contribution in [1.82, 2.24) is 10.2 Å². The third-order valence-corrected chi connectivity index (χ3v) is 3.89. The van der Waals surface area contributed by atoms with Crippen molar-refractivity contribution in [2.75, 3.05) is 13.1 Å². The van der Waals surface area contributed by atoms with Crippen LogP contribution in [-0.4, -0.2) is 42.5 Å². The molecule has 0 aliphatic carbocycles. The van der Waals surface area contributed by atoms with Crippen molar-refractivity contribution in [3.05, 3.63) is 29.8 Å². The summed E-state index contributed by atoms with van der Waals surface area (Å²) in [6.45, 7) is 11.3. The molecule has 1 N–H and O–H groups in total. The normalized spacial score (nSPS) is 22.8. The first-order valence-electron chi connectivity index (χ1n) is 8.32. The van der Waals surface area contributed by atoms with Crippen LogP contribution in [0.15, 0.2) is 24.3 Å². The zero-order valence-electron chi connectivity index (χ0n) is 14.7. The summed E-state index contributed by atoms with van der Waals surface area (Å²) in [4.78, 5) is 14.1. The number of hydrogen-bond donors (Lipinski definition) is 1. The second-order valence-corrected chi connectivity index (χ2v) is 6.60. The molecule has 2 amide bonds. The van der Waals surface area contributed by atoms with Gasteiger partial charge in [0.2, 0.25) is 0 Å². The lowest BCUT2D eigenvalue weighted by molar-refractivity contribution is -0.0555. The van der Waals surface area contributed by atoms with Gasteiger partial charge in [-0.15, -0.1) is 0 Å². The molecule has 0 bridgehead atoms. The van der Waals surface area contributed by atoms with E-state index in [-0.39, 0.29) is 24.5 Å². The number of rotatable bonds is 4. The number of nitrogens with one attached hydrogen (secondary N) is 1. The van der Waals surface area contributed by atoms with E-state index in [4.69, 9.17) is 9.47 Å². The van der Waals surface area contributed by atoms with E-state index in [1.165, 1.54) is 5.56 Å². The first-order chi connectivity index (χ1) is 10.8. The lowest BCUT2D eigenvalue weighted by Crippen LogP contribution is -2.53. The molecular formula is C18H28N2O3. The van der Waals surface area contributed by atoms with Crippen molar-refractivity contribution in [2.24, 2.45) is 0 Å². The maximum absolute atomic E-state index is 12.3. The first kappa shape index (κ1) is 17.6. The van der Waals surface area contributed by atoms with E-state index in [1.54, 1.807) is 4.90 Å². The lowest BCUT2D eigenvalue weighted by Gasteiger charge is -2.35. The minimum absolute atomic E-state index is 0.0595. The Balaban J connectivity index is 1.86. The highest BCUT2D eigenvalue weighted by Gasteiger charge is 2.26. The van der Waals surface area contributed by atoms with Crippen molar-refractivity contribution < 1.29 is 14.3 Å². The molecule has 1 fully saturated rings. The van der Waals surface area contributed by atoms with Crippen molar-refractivity contribution in [3.63, 3.8) is 0 Å². The molecule has 23 heavy (non-hydrogen) atoms. The van der Waals surface area contributed by atoms with Gasteiger partial charge in [-0.3, -0.25) is 0 Å². The maximum atomic E-state index is 12.3. The van der Waals surface area contributed by atoms with Crippen LogP contribution >= 0.6 is 0 Å². The van der Waals surface area contributed by atoms with Crippen molar-refractivity contribution >= 4 is 6.03 Å². The fourth-order valence-electron chi connectivity index (χ4n) is 2.77. The Labute approximate surface area is 139 Å². The Kier molecular flexibility index (Phi) is 5.88. The van der Waals surface area contributed by atoms with E-state index in [1.807, 2.05) is 32.9 Å². The van der Waals surface area contributed by atoms with Crippen LogP contribution in [0.3, 0.4) is 0 Å². The standard InChI is InChI=1S/C18H28N2O3/c1-12(2)16-6-8-17(9-7-16)23-15(5)19-18(21)20-10-13(3)22-14(4)11-20/h6-9,12-15H,10-11H2,1-5H3,(H,19,21). The predicted molar refractivity (Wildman–Crippen MR) is 90.7 cm³/mol. The van der Waals surface area contributed by atoms with Gasteiger partial charge in [0.15, 0.2) is 6.23 Å². The number of carbonyl (C=O) groups excluding carboxylic acids is 1. The predicted octanol–water partition coefficient (Wildman–Crippen LogP) is 3.35. The third kappa shape index (κ3) is 5.13. The molecule has 1 aromatic carbocycles. The van der Waals surface area contributed by atoms with E-state index in [9.17, 15) is 4.79 Å². The van der Waals surface area contributed by atoms with Crippen LogP contribution in [-0.2, 0) is 4.74 Å². The average molecular weight is 320 g/mol. The summed E-state index contributed by atoms with van der Waals surface area (Å²) in [6, 6.07) is 7.88. The Morgan fingerprint density at radius 3 is 2.26 bits per heavy atom. The molecule has 1 saturated heterocycles. The Bertz CT molecular complexity index is 506. The maximum Gasteiger partial charge on any atom is 0.320 e. The van der Waals surface area contributed by atoms with Crippen molar-refractivity contribution in [2.45, 2.75) is 59.0 Å². The summed E-state index contributed by atoms with van der Waals surface area (Å²) >= 11 is 0. The molecule has 1 aromatic rings.